The summed E-state index contributed by atoms with van der Waals surface area (Å²) in [6.07, 6.45) is 8.66. The summed E-state index contributed by atoms with van der Waals surface area (Å²) in [6.45, 7) is 1.49. The van der Waals surface area contributed by atoms with Crippen molar-refractivity contribution in [3.8, 4) is 5.75 Å². The van der Waals surface area contributed by atoms with E-state index in [1.54, 1.807) is 4.90 Å². The minimum Gasteiger partial charge on any atom is -0.507 e. The molecule has 0 bridgehead atoms. The van der Waals surface area contributed by atoms with Crippen LogP contribution in [0.25, 0.3) is 0 Å². The highest BCUT2D eigenvalue weighted by molar-refractivity contribution is 5.96. The van der Waals surface area contributed by atoms with Crippen molar-refractivity contribution < 1.29 is 14.3 Å². The van der Waals surface area contributed by atoms with E-state index >= 15 is 0 Å². The van der Waals surface area contributed by atoms with Crippen LogP contribution < -0.4 is 0 Å². The van der Waals surface area contributed by atoms with Crippen LogP contribution in [0.3, 0.4) is 0 Å². The van der Waals surface area contributed by atoms with E-state index in [4.69, 9.17) is 0 Å². The Balaban J connectivity index is 1.67. The van der Waals surface area contributed by atoms with Gasteiger partial charge in [-0.05, 0) is 43.2 Å². The van der Waals surface area contributed by atoms with Gasteiger partial charge in [0.2, 0.25) is 0 Å². The number of likely N-dealkylation sites (tertiary alicyclic amines) is 1. The van der Waals surface area contributed by atoms with Gasteiger partial charge in [-0.15, -0.1) is 0 Å². The van der Waals surface area contributed by atoms with Crippen molar-refractivity contribution in [3.05, 3.63) is 29.6 Å². The van der Waals surface area contributed by atoms with Crippen LogP contribution in [-0.2, 0) is 0 Å². The Morgan fingerprint density at radius 2 is 1.76 bits per heavy atom. The van der Waals surface area contributed by atoms with Crippen LogP contribution >= 0.6 is 0 Å². The maximum atomic E-state index is 13.0. The molecule has 1 aliphatic heterocycles. The van der Waals surface area contributed by atoms with E-state index in [1.165, 1.54) is 44.2 Å². The Hall–Kier alpha value is -1.58. The van der Waals surface area contributed by atoms with E-state index in [2.05, 4.69) is 0 Å². The van der Waals surface area contributed by atoms with Crippen molar-refractivity contribution >= 4 is 5.91 Å². The van der Waals surface area contributed by atoms with Crippen molar-refractivity contribution in [1.29, 1.82) is 0 Å². The lowest BCUT2D eigenvalue weighted by Crippen LogP contribution is -2.43. The molecule has 0 unspecified atom stereocenters. The number of nitrogens with zero attached hydrogens (tertiary/aromatic N) is 1. The van der Waals surface area contributed by atoms with Crippen LogP contribution in [0.4, 0.5) is 4.39 Å². The minimum atomic E-state index is -0.524. The predicted molar refractivity (Wildman–Crippen MR) is 78.7 cm³/mol. The van der Waals surface area contributed by atoms with Crippen LogP contribution in [0.2, 0.25) is 0 Å². The predicted octanol–water partition coefficient (Wildman–Crippen LogP) is 3.72. The maximum Gasteiger partial charge on any atom is 0.257 e. The number of rotatable bonds is 1. The first kappa shape index (κ1) is 14.4. The first-order valence-electron chi connectivity index (χ1n) is 7.88. The Kier molecular flexibility index (Phi) is 3.87. The normalized spacial score (nSPS) is 21.5. The molecule has 3 nitrogen and oxygen atoms in total. The zero-order valence-electron chi connectivity index (χ0n) is 12.3. The van der Waals surface area contributed by atoms with Crippen molar-refractivity contribution in [2.24, 2.45) is 5.41 Å². The summed E-state index contributed by atoms with van der Waals surface area (Å²) >= 11 is 0. The molecule has 2 fully saturated rings. The Morgan fingerprint density at radius 3 is 2.38 bits per heavy atom. The average molecular weight is 291 g/mol. The largest absolute Gasteiger partial charge is 0.507 e. The van der Waals surface area contributed by atoms with Crippen LogP contribution in [0.15, 0.2) is 18.2 Å². The fourth-order valence-corrected chi connectivity index (χ4v) is 3.84. The number of amides is 1. The molecule has 1 aliphatic carbocycles. The van der Waals surface area contributed by atoms with Gasteiger partial charge in [0, 0.05) is 19.2 Å². The van der Waals surface area contributed by atoms with Gasteiger partial charge in [-0.25, -0.2) is 4.39 Å². The molecular weight excluding hydrogens is 269 g/mol. The summed E-state index contributed by atoms with van der Waals surface area (Å²) in [4.78, 5) is 14.2. The van der Waals surface area contributed by atoms with Crippen LogP contribution in [-0.4, -0.2) is 29.0 Å². The molecule has 1 saturated heterocycles. The van der Waals surface area contributed by atoms with Crippen LogP contribution in [0.1, 0.15) is 55.3 Å². The van der Waals surface area contributed by atoms with Gasteiger partial charge < -0.3 is 10.0 Å². The van der Waals surface area contributed by atoms with E-state index in [0.29, 0.717) is 5.41 Å². The van der Waals surface area contributed by atoms with Gasteiger partial charge in [-0.1, -0.05) is 19.3 Å². The standard InChI is InChI=1S/C17H22FNO2/c18-13-4-5-14(15(20)12-13)16(21)19-10-8-17(9-11-19)6-2-1-3-7-17/h4-5,12,20H,1-3,6-11H2. The van der Waals surface area contributed by atoms with Gasteiger partial charge in [-0.3, -0.25) is 4.79 Å². The van der Waals surface area contributed by atoms with Crippen molar-refractivity contribution in [3.63, 3.8) is 0 Å². The van der Waals surface area contributed by atoms with Gasteiger partial charge in [0.25, 0.3) is 5.91 Å². The Labute approximate surface area is 124 Å². The number of carbonyl (C=O) groups excluding carboxylic acids is 1. The number of phenols is 1. The molecule has 114 valence electrons. The SMILES string of the molecule is O=C(c1ccc(F)cc1O)N1CCC2(CCCCC2)CC1. The molecular formula is C17H22FNO2. The van der Waals surface area contributed by atoms with Crippen LogP contribution in [0.5, 0.6) is 5.75 Å². The Bertz CT molecular complexity index is 528. The first-order valence-corrected chi connectivity index (χ1v) is 7.88. The number of benzene rings is 1. The lowest BCUT2D eigenvalue weighted by molar-refractivity contribution is 0.0470. The molecule has 1 saturated carbocycles. The minimum absolute atomic E-state index is 0.182. The average Bonchev–Trinajstić information content (AvgIpc) is 2.48. The summed E-state index contributed by atoms with van der Waals surface area (Å²) in [6, 6.07) is 3.59. The van der Waals surface area contributed by atoms with Gasteiger partial charge >= 0.3 is 0 Å². The zero-order chi connectivity index (χ0) is 14.9. The molecule has 1 spiro atoms. The molecule has 1 aromatic rings. The van der Waals surface area contributed by atoms with Gasteiger partial charge in [0.1, 0.15) is 11.6 Å². The van der Waals surface area contributed by atoms with Gasteiger partial charge in [0.05, 0.1) is 5.56 Å². The molecule has 3 rings (SSSR count). The molecule has 4 heteroatoms. The fraction of sp³-hybridized carbons (Fsp3) is 0.588. The van der Waals surface area contributed by atoms with E-state index in [9.17, 15) is 14.3 Å². The molecule has 2 aliphatic rings. The summed E-state index contributed by atoms with van der Waals surface area (Å²) in [7, 11) is 0. The highest BCUT2D eigenvalue weighted by Crippen LogP contribution is 2.44. The monoisotopic (exact) mass is 291 g/mol. The lowest BCUT2D eigenvalue weighted by atomic mass is 9.68. The number of hydrogen-bond donors (Lipinski definition) is 1. The number of phenolic OH excluding ortho intramolecular Hbond substituents is 1. The smallest absolute Gasteiger partial charge is 0.257 e. The second-order valence-corrected chi connectivity index (χ2v) is 6.51. The first-order chi connectivity index (χ1) is 10.1. The zero-order valence-corrected chi connectivity index (χ0v) is 12.3. The van der Waals surface area contributed by atoms with E-state index in [-0.39, 0.29) is 17.2 Å². The molecule has 1 amide bonds. The summed E-state index contributed by atoms with van der Waals surface area (Å²) in [5.41, 5.74) is 0.649. The summed E-state index contributed by atoms with van der Waals surface area (Å²) < 4.78 is 13.0. The van der Waals surface area contributed by atoms with E-state index in [1.807, 2.05) is 0 Å². The quantitative estimate of drug-likeness (QED) is 0.856. The third-order valence-electron chi connectivity index (χ3n) is 5.22. The van der Waals surface area contributed by atoms with E-state index < -0.39 is 5.82 Å². The third-order valence-corrected chi connectivity index (χ3v) is 5.22. The van der Waals surface area contributed by atoms with Gasteiger partial charge in [0.15, 0.2) is 0 Å². The van der Waals surface area contributed by atoms with E-state index in [0.717, 1.165) is 32.0 Å². The summed E-state index contributed by atoms with van der Waals surface area (Å²) in [5, 5.41) is 9.75. The second kappa shape index (κ2) is 5.66. The molecule has 1 aromatic carbocycles. The molecule has 1 heterocycles. The number of carbonyl (C=O) groups is 1. The second-order valence-electron chi connectivity index (χ2n) is 6.51. The van der Waals surface area contributed by atoms with Crippen molar-refractivity contribution in [2.75, 3.05) is 13.1 Å². The van der Waals surface area contributed by atoms with Gasteiger partial charge in [-0.2, -0.15) is 0 Å². The fourth-order valence-electron chi connectivity index (χ4n) is 3.84. The highest BCUT2D eigenvalue weighted by Gasteiger charge is 2.37. The summed E-state index contributed by atoms with van der Waals surface area (Å²) in [5.74, 6) is -0.972. The lowest BCUT2D eigenvalue weighted by Gasteiger charge is -2.44. The van der Waals surface area contributed by atoms with Crippen LogP contribution in [0, 0.1) is 11.2 Å². The molecule has 0 atom stereocenters. The number of hydrogen-bond acceptors (Lipinski definition) is 2. The number of piperidine rings is 1. The maximum absolute atomic E-state index is 13.0. The molecule has 21 heavy (non-hydrogen) atoms. The molecule has 0 radical (unpaired) electrons. The highest BCUT2D eigenvalue weighted by atomic mass is 19.1. The third kappa shape index (κ3) is 2.89. The van der Waals surface area contributed by atoms with Crippen molar-refractivity contribution in [1.82, 2.24) is 4.90 Å². The number of halogens is 1. The van der Waals surface area contributed by atoms with Crippen molar-refractivity contribution in [2.45, 2.75) is 44.9 Å². The number of aromatic hydroxyl groups is 1. The topological polar surface area (TPSA) is 40.5 Å². The molecule has 1 N–H and O–H groups in total. The molecule has 0 aromatic heterocycles. The Morgan fingerprint density at radius 1 is 1.10 bits per heavy atom.